The van der Waals surface area contributed by atoms with Crippen molar-refractivity contribution in [2.45, 2.75) is 95.6 Å². The van der Waals surface area contributed by atoms with Gasteiger partial charge in [-0.15, -0.1) is 0 Å². The number of fused-ring (bicyclic) bond motifs is 2. The number of ether oxygens (including phenoxy) is 1. The van der Waals surface area contributed by atoms with E-state index in [2.05, 4.69) is 5.10 Å². The second kappa shape index (κ2) is 11.1. The molecule has 5 rings (SSSR count). The lowest BCUT2D eigenvalue weighted by Gasteiger charge is -2.35. The molecule has 0 atom stereocenters. The summed E-state index contributed by atoms with van der Waals surface area (Å²) >= 11 is 12.7. The Kier molecular flexibility index (Phi) is 8.18. The predicted molar refractivity (Wildman–Crippen MR) is 153 cm³/mol. The summed E-state index contributed by atoms with van der Waals surface area (Å²) < 4.78 is 51.0. The number of hydrogen-bond acceptors (Lipinski definition) is 5. The van der Waals surface area contributed by atoms with E-state index < -0.39 is 58.7 Å². The third-order valence-corrected chi connectivity index (χ3v) is 10.1. The maximum Gasteiger partial charge on any atom is 0.433 e. The van der Waals surface area contributed by atoms with Gasteiger partial charge in [0, 0.05) is 0 Å². The molecule has 8 nitrogen and oxygen atoms in total. The number of alkyl halides is 3. The first kappa shape index (κ1) is 31.8. The molecule has 0 unspecified atom stereocenters. The van der Waals surface area contributed by atoms with E-state index in [4.69, 9.17) is 27.9 Å². The number of carbonyl (C=O) groups excluding carboxylic acids is 2. The van der Waals surface area contributed by atoms with Crippen molar-refractivity contribution in [3.63, 3.8) is 0 Å². The van der Waals surface area contributed by atoms with Crippen LogP contribution in [0.5, 0.6) is 0 Å². The van der Waals surface area contributed by atoms with Gasteiger partial charge in [0.15, 0.2) is 11.5 Å². The van der Waals surface area contributed by atoms with Crippen LogP contribution >= 0.6 is 23.2 Å². The molecular weight excluding hydrogens is 610 g/mol. The number of carboxylic acid groups (broad SMARTS) is 1. The summed E-state index contributed by atoms with van der Waals surface area (Å²) in [6.45, 7) is 4.65. The Labute approximate surface area is 257 Å². The number of nitrogens with zero attached hydrogens (tertiary/aromatic N) is 3. The van der Waals surface area contributed by atoms with Gasteiger partial charge in [-0.1, -0.05) is 23.2 Å². The second-order valence-corrected chi connectivity index (χ2v) is 13.7. The van der Waals surface area contributed by atoms with Gasteiger partial charge in [0.05, 0.1) is 63.1 Å². The van der Waals surface area contributed by atoms with Crippen LogP contribution in [-0.4, -0.2) is 61.7 Å². The SMILES string of the molecule is Cc1cc(Cl)c(C(=O)CN(C[C@]23CC[C@@](C)(CC2)O3)C(=O)c2cnn(C3CCC(C)(C(=O)O)CC3)c2C(F)(F)F)c(Cl)c1. The Bertz CT molecular complexity index is 1430. The summed E-state index contributed by atoms with van der Waals surface area (Å²) in [5.41, 5.74) is -3.39. The zero-order chi connectivity index (χ0) is 31.5. The Morgan fingerprint density at radius 3 is 2.14 bits per heavy atom. The van der Waals surface area contributed by atoms with E-state index in [1.807, 2.05) is 6.92 Å². The molecule has 1 N–H and O–H groups in total. The van der Waals surface area contributed by atoms with Crippen molar-refractivity contribution in [3.8, 4) is 0 Å². The third kappa shape index (κ3) is 6.04. The van der Waals surface area contributed by atoms with Gasteiger partial charge >= 0.3 is 12.1 Å². The van der Waals surface area contributed by atoms with E-state index in [9.17, 15) is 32.7 Å². The summed E-state index contributed by atoms with van der Waals surface area (Å²) in [5, 5.41) is 13.7. The van der Waals surface area contributed by atoms with Crippen LogP contribution in [0.15, 0.2) is 18.3 Å². The minimum Gasteiger partial charge on any atom is -0.481 e. The molecule has 3 aliphatic rings. The molecular formula is C30H34Cl2F3N3O5. The molecule has 2 bridgehead atoms. The highest BCUT2D eigenvalue weighted by atomic mass is 35.5. The minimum absolute atomic E-state index is 0.0109. The molecule has 0 radical (unpaired) electrons. The summed E-state index contributed by atoms with van der Waals surface area (Å²) in [7, 11) is 0. The van der Waals surface area contributed by atoms with Crippen LogP contribution < -0.4 is 0 Å². The number of aliphatic carboxylic acids is 1. The molecule has 43 heavy (non-hydrogen) atoms. The second-order valence-electron chi connectivity index (χ2n) is 12.9. The van der Waals surface area contributed by atoms with Crippen LogP contribution in [0.25, 0.3) is 0 Å². The van der Waals surface area contributed by atoms with Gasteiger partial charge in [-0.2, -0.15) is 18.3 Å². The molecule has 3 fully saturated rings. The van der Waals surface area contributed by atoms with Crippen molar-refractivity contribution in [1.82, 2.24) is 14.7 Å². The normalized spacial score (nSPS) is 28.7. The molecule has 3 heterocycles. The van der Waals surface area contributed by atoms with Crippen LogP contribution in [-0.2, 0) is 15.7 Å². The Morgan fingerprint density at radius 1 is 1.07 bits per heavy atom. The molecule has 234 valence electrons. The van der Waals surface area contributed by atoms with Gasteiger partial charge in [0.25, 0.3) is 5.91 Å². The first-order chi connectivity index (χ1) is 20.0. The number of halogens is 5. The summed E-state index contributed by atoms with van der Waals surface area (Å²) in [5.74, 6) is -2.61. The number of ketones is 1. The highest BCUT2D eigenvalue weighted by Gasteiger charge is 2.54. The Morgan fingerprint density at radius 2 is 1.65 bits per heavy atom. The molecule has 0 spiro atoms. The van der Waals surface area contributed by atoms with Crippen LogP contribution in [0, 0.1) is 12.3 Å². The number of amides is 1. The van der Waals surface area contributed by atoms with Crippen molar-refractivity contribution in [1.29, 1.82) is 0 Å². The predicted octanol–water partition coefficient (Wildman–Crippen LogP) is 7.15. The Hall–Kier alpha value is -2.63. The van der Waals surface area contributed by atoms with Gasteiger partial charge in [0.1, 0.15) is 0 Å². The number of Topliss-reactive ketones (excluding diaryl/α,β-unsaturated/α-hetero) is 1. The van der Waals surface area contributed by atoms with Gasteiger partial charge in [-0.3, -0.25) is 19.1 Å². The molecule has 2 aliphatic heterocycles. The van der Waals surface area contributed by atoms with Crippen LogP contribution in [0.2, 0.25) is 10.0 Å². The molecule has 1 aliphatic carbocycles. The van der Waals surface area contributed by atoms with Gasteiger partial charge in [-0.25, -0.2) is 0 Å². The molecule has 1 saturated carbocycles. The van der Waals surface area contributed by atoms with Crippen LogP contribution in [0.4, 0.5) is 13.2 Å². The largest absolute Gasteiger partial charge is 0.481 e. The number of carboxylic acids is 1. The van der Waals surface area contributed by atoms with Crippen molar-refractivity contribution < 1.29 is 37.4 Å². The zero-order valence-corrected chi connectivity index (χ0v) is 25.7. The zero-order valence-electron chi connectivity index (χ0n) is 24.2. The van der Waals surface area contributed by atoms with Crippen molar-refractivity contribution in [2.75, 3.05) is 13.1 Å². The highest BCUT2D eigenvalue weighted by Crippen LogP contribution is 2.51. The van der Waals surface area contributed by atoms with E-state index in [0.29, 0.717) is 12.8 Å². The molecule has 2 aromatic rings. The fourth-order valence-electron chi connectivity index (χ4n) is 6.86. The Balaban J connectivity index is 1.49. The average molecular weight is 645 g/mol. The lowest BCUT2D eigenvalue weighted by atomic mass is 9.74. The van der Waals surface area contributed by atoms with Crippen LogP contribution in [0.3, 0.4) is 0 Å². The number of aryl methyl sites for hydroxylation is 1. The number of rotatable bonds is 8. The number of carbonyl (C=O) groups is 3. The monoisotopic (exact) mass is 643 g/mol. The fraction of sp³-hybridized carbons (Fsp3) is 0.600. The number of aromatic nitrogens is 2. The van der Waals surface area contributed by atoms with E-state index in [0.717, 1.165) is 34.2 Å². The first-order valence-electron chi connectivity index (χ1n) is 14.3. The van der Waals surface area contributed by atoms with Gasteiger partial charge < -0.3 is 14.7 Å². The van der Waals surface area contributed by atoms with Gasteiger partial charge in [-0.05, 0) is 89.8 Å². The van der Waals surface area contributed by atoms with Crippen molar-refractivity contribution in [3.05, 3.63) is 50.8 Å². The van der Waals surface area contributed by atoms with Gasteiger partial charge in [0.2, 0.25) is 0 Å². The van der Waals surface area contributed by atoms with Crippen LogP contribution in [0.1, 0.15) is 103 Å². The quantitative estimate of drug-likeness (QED) is 0.307. The summed E-state index contributed by atoms with van der Waals surface area (Å²) in [6.07, 6.45) is -0.717. The molecule has 2 saturated heterocycles. The lowest BCUT2D eigenvalue weighted by Crippen LogP contribution is -2.47. The topological polar surface area (TPSA) is 102 Å². The van der Waals surface area contributed by atoms with E-state index in [1.165, 1.54) is 0 Å². The average Bonchev–Trinajstić information content (AvgIpc) is 3.58. The number of benzene rings is 1. The summed E-state index contributed by atoms with van der Waals surface area (Å²) in [6, 6.07) is 2.37. The minimum atomic E-state index is -4.94. The first-order valence-corrected chi connectivity index (χ1v) is 15.1. The fourth-order valence-corrected chi connectivity index (χ4v) is 7.67. The molecule has 1 aromatic carbocycles. The standard InChI is InChI=1S/C30H34Cl2F3N3O5/c1-17-12-20(31)23(21(32)13-17)22(39)15-37(16-29-10-8-28(3,43-29)9-11-29)25(40)19-14-36-38(24(19)30(33,34)35)18-4-6-27(2,7-5-18)26(41)42/h12-14,18H,4-11,15-16H2,1-3H3,(H,41,42)/t18?,27?,28-,29-. The molecule has 13 heteroatoms. The van der Waals surface area contributed by atoms with Crippen molar-refractivity contribution >= 4 is 40.9 Å². The van der Waals surface area contributed by atoms with E-state index >= 15 is 0 Å². The number of hydrogen-bond donors (Lipinski definition) is 1. The molecule has 1 aromatic heterocycles. The molecule has 1 amide bonds. The smallest absolute Gasteiger partial charge is 0.433 e. The third-order valence-electron chi connectivity index (χ3n) is 9.46. The highest BCUT2D eigenvalue weighted by molar-refractivity contribution is 6.40. The van der Waals surface area contributed by atoms with E-state index in [-0.39, 0.29) is 53.4 Å². The lowest BCUT2D eigenvalue weighted by molar-refractivity contribution is -0.152. The summed E-state index contributed by atoms with van der Waals surface area (Å²) in [4.78, 5) is 40.4. The van der Waals surface area contributed by atoms with E-state index in [1.54, 1.807) is 26.0 Å². The van der Waals surface area contributed by atoms with Crippen molar-refractivity contribution in [2.24, 2.45) is 5.41 Å². The maximum absolute atomic E-state index is 14.6. The maximum atomic E-state index is 14.6.